The standard InChI is InChI=1S/C22H30FN5O2S.HI/c1-24-22(25-11-10-18-6-5-8-20(23)16-18)26-17-19-7-3-4-9-21(19)31(29,30)28-14-12-27(2)13-15-28;/h3-9,16H,10-15,17H2,1-2H3,(H2,24,25,26);1H. The molecule has 0 amide bonds. The third-order valence-electron chi connectivity index (χ3n) is 5.32. The Hall–Kier alpha value is -1.76. The van der Waals surface area contributed by atoms with Crippen molar-refractivity contribution in [2.75, 3.05) is 46.8 Å². The van der Waals surface area contributed by atoms with Gasteiger partial charge in [0.1, 0.15) is 5.82 Å². The van der Waals surface area contributed by atoms with Crippen molar-refractivity contribution in [1.82, 2.24) is 19.8 Å². The van der Waals surface area contributed by atoms with Crippen LogP contribution in [0.5, 0.6) is 0 Å². The molecule has 1 heterocycles. The number of likely N-dealkylation sites (N-methyl/N-ethyl adjacent to an activating group) is 1. The number of nitrogens with zero attached hydrogens (tertiary/aromatic N) is 3. The van der Waals surface area contributed by atoms with Gasteiger partial charge in [0.25, 0.3) is 0 Å². The van der Waals surface area contributed by atoms with Gasteiger partial charge in [-0.25, -0.2) is 12.8 Å². The van der Waals surface area contributed by atoms with Crippen molar-refractivity contribution < 1.29 is 12.8 Å². The Morgan fingerprint density at radius 1 is 1.06 bits per heavy atom. The second-order valence-corrected chi connectivity index (χ2v) is 9.45. The lowest BCUT2D eigenvalue weighted by molar-refractivity contribution is 0.222. The predicted octanol–water partition coefficient (Wildman–Crippen LogP) is 2.29. The zero-order chi connectivity index (χ0) is 22.3. The first kappa shape index (κ1) is 26.5. The summed E-state index contributed by atoms with van der Waals surface area (Å²) in [5, 5.41) is 6.36. The molecule has 176 valence electrons. The van der Waals surface area contributed by atoms with Gasteiger partial charge in [-0.1, -0.05) is 30.3 Å². The largest absolute Gasteiger partial charge is 0.356 e. The molecule has 0 unspecified atom stereocenters. The summed E-state index contributed by atoms with van der Waals surface area (Å²) in [4.78, 5) is 6.64. The van der Waals surface area contributed by atoms with Gasteiger partial charge in [-0.05, 0) is 42.8 Å². The van der Waals surface area contributed by atoms with Gasteiger partial charge in [0.2, 0.25) is 10.0 Å². The molecule has 7 nitrogen and oxygen atoms in total. The monoisotopic (exact) mass is 575 g/mol. The molecule has 0 radical (unpaired) electrons. The van der Waals surface area contributed by atoms with E-state index in [0.29, 0.717) is 49.0 Å². The van der Waals surface area contributed by atoms with Crippen molar-refractivity contribution in [1.29, 1.82) is 0 Å². The smallest absolute Gasteiger partial charge is 0.243 e. The maximum atomic E-state index is 13.3. The van der Waals surface area contributed by atoms with Crippen molar-refractivity contribution in [3.63, 3.8) is 0 Å². The molecule has 2 aromatic carbocycles. The summed E-state index contributed by atoms with van der Waals surface area (Å²) in [6.45, 7) is 3.32. The van der Waals surface area contributed by atoms with E-state index in [-0.39, 0.29) is 29.8 Å². The molecule has 3 rings (SSSR count). The minimum atomic E-state index is -3.56. The van der Waals surface area contributed by atoms with Gasteiger partial charge >= 0.3 is 0 Å². The maximum Gasteiger partial charge on any atom is 0.243 e. The molecule has 1 aliphatic rings. The number of guanidine groups is 1. The summed E-state index contributed by atoms with van der Waals surface area (Å²) in [6.07, 6.45) is 0.646. The summed E-state index contributed by atoms with van der Waals surface area (Å²) in [7, 11) is 0.0950. The van der Waals surface area contributed by atoms with Crippen LogP contribution in [0.25, 0.3) is 0 Å². The number of benzene rings is 2. The third-order valence-corrected chi connectivity index (χ3v) is 7.32. The van der Waals surface area contributed by atoms with Crippen LogP contribution in [0.1, 0.15) is 11.1 Å². The molecule has 32 heavy (non-hydrogen) atoms. The van der Waals surface area contributed by atoms with E-state index in [1.807, 2.05) is 25.2 Å². The average molecular weight is 575 g/mol. The fourth-order valence-corrected chi connectivity index (χ4v) is 5.13. The number of hydrogen-bond donors (Lipinski definition) is 2. The summed E-state index contributed by atoms with van der Waals surface area (Å²) in [5.74, 6) is 0.307. The predicted molar refractivity (Wildman–Crippen MR) is 136 cm³/mol. The van der Waals surface area contributed by atoms with Gasteiger partial charge in [0.05, 0.1) is 4.90 Å². The van der Waals surface area contributed by atoms with Crippen LogP contribution in [0.4, 0.5) is 4.39 Å². The first-order chi connectivity index (χ1) is 14.9. The molecule has 2 N–H and O–H groups in total. The molecule has 1 fully saturated rings. The first-order valence-electron chi connectivity index (χ1n) is 10.4. The van der Waals surface area contributed by atoms with Gasteiger partial charge in [0.15, 0.2) is 5.96 Å². The molecule has 1 aliphatic heterocycles. The summed E-state index contributed by atoms with van der Waals surface area (Å²) >= 11 is 0. The quantitative estimate of drug-likeness (QED) is 0.301. The van der Waals surface area contributed by atoms with Crippen molar-refractivity contribution >= 4 is 40.0 Å². The van der Waals surface area contributed by atoms with Crippen LogP contribution in [-0.4, -0.2) is 70.4 Å². The fraction of sp³-hybridized carbons (Fsp3) is 0.409. The Balaban J connectivity index is 0.00000363. The number of piperazine rings is 1. The highest BCUT2D eigenvalue weighted by molar-refractivity contribution is 14.0. The molecule has 0 atom stereocenters. The van der Waals surface area contributed by atoms with Crippen LogP contribution >= 0.6 is 24.0 Å². The Labute approximate surface area is 207 Å². The zero-order valence-electron chi connectivity index (χ0n) is 18.4. The maximum absolute atomic E-state index is 13.3. The SMILES string of the molecule is CN=C(NCCc1cccc(F)c1)NCc1ccccc1S(=O)(=O)N1CCN(C)CC1.I. The fourth-order valence-electron chi connectivity index (χ4n) is 3.49. The van der Waals surface area contributed by atoms with Gasteiger partial charge in [-0.15, -0.1) is 24.0 Å². The van der Waals surface area contributed by atoms with Crippen LogP contribution in [0, 0.1) is 5.82 Å². The lowest BCUT2D eigenvalue weighted by Gasteiger charge is -2.32. The van der Waals surface area contributed by atoms with Crippen LogP contribution in [-0.2, 0) is 23.0 Å². The van der Waals surface area contributed by atoms with E-state index >= 15 is 0 Å². The van der Waals surface area contributed by atoms with Crippen molar-refractivity contribution in [3.8, 4) is 0 Å². The van der Waals surface area contributed by atoms with E-state index in [0.717, 1.165) is 18.7 Å². The van der Waals surface area contributed by atoms with Crippen LogP contribution in [0.2, 0.25) is 0 Å². The van der Waals surface area contributed by atoms with E-state index < -0.39 is 10.0 Å². The van der Waals surface area contributed by atoms with E-state index in [9.17, 15) is 12.8 Å². The highest BCUT2D eigenvalue weighted by atomic mass is 127. The number of rotatable bonds is 7. The Morgan fingerprint density at radius 3 is 2.47 bits per heavy atom. The topological polar surface area (TPSA) is 77.0 Å². The van der Waals surface area contributed by atoms with Crippen molar-refractivity contribution in [2.24, 2.45) is 4.99 Å². The summed E-state index contributed by atoms with van der Waals surface area (Å²) in [5.41, 5.74) is 1.58. The number of aliphatic imine (C=N–C) groups is 1. The molecule has 0 bridgehead atoms. The number of hydrogen-bond acceptors (Lipinski definition) is 4. The second-order valence-electron chi connectivity index (χ2n) is 7.55. The van der Waals surface area contributed by atoms with E-state index in [1.165, 1.54) is 12.1 Å². The number of sulfonamides is 1. The lowest BCUT2D eigenvalue weighted by atomic mass is 10.1. The minimum Gasteiger partial charge on any atom is -0.356 e. The number of halogens is 2. The van der Waals surface area contributed by atoms with E-state index in [2.05, 4.69) is 20.5 Å². The molecule has 0 aromatic heterocycles. The summed E-state index contributed by atoms with van der Waals surface area (Å²) in [6, 6.07) is 13.6. The normalized spacial score (nSPS) is 15.8. The third kappa shape index (κ3) is 7.12. The Bertz CT molecular complexity index is 1010. The van der Waals surface area contributed by atoms with Crippen LogP contribution in [0.3, 0.4) is 0 Å². The van der Waals surface area contributed by atoms with Gasteiger partial charge in [-0.3, -0.25) is 4.99 Å². The molecule has 0 spiro atoms. The summed E-state index contributed by atoms with van der Waals surface area (Å²) < 4.78 is 41.2. The lowest BCUT2D eigenvalue weighted by Crippen LogP contribution is -2.47. The van der Waals surface area contributed by atoms with Gasteiger partial charge in [0, 0.05) is 46.3 Å². The van der Waals surface area contributed by atoms with Crippen molar-refractivity contribution in [3.05, 3.63) is 65.5 Å². The highest BCUT2D eigenvalue weighted by Crippen LogP contribution is 2.21. The minimum absolute atomic E-state index is 0. The molecule has 10 heteroatoms. The Morgan fingerprint density at radius 2 is 1.78 bits per heavy atom. The molecule has 2 aromatic rings. The van der Waals surface area contributed by atoms with Crippen LogP contribution < -0.4 is 10.6 Å². The van der Waals surface area contributed by atoms with Crippen LogP contribution in [0.15, 0.2) is 58.4 Å². The Kier molecular flexibility index (Phi) is 10.3. The first-order valence-corrected chi connectivity index (χ1v) is 11.8. The molecule has 1 saturated heterocycles. The molecule has 0 saturated carbocycles. The number of nitrogens with one attached hydrogen (secondary N) is 2. The van der Waals surface area contributed by atoms with Crippen molar-refractivity contribution in [2.45, 2.75) is 17.9 Å². The van der Waals surface area contributed by atoms with Gasteiger partial charge < -0.3 is 15.5 Å². The molecular weight excluding hydrogens is 544 g/mol. The molecule has 0 aliphatic carbocycles. The van der Waals surface area contributed by atoms with Gasteiger partial charge in [-0.2, -0.15) is 4.31 Å². The average Bonchev–Trinajstić information content (AvgIpc) is 2.76. The van der Waals surface area contributed by atoms with E-state index in [1.54, 1.807) is 29.6 Å². The molecular formula is C22H31FIN5O2S. The highest BCUT2D eigenvalue weighted by Gasteiger charge is 2.29. The second kappa shape index (κ2) is 12.5. The zero-order valence-corrected chi connectivity index (χ0v) is 21.6. The van der Waals surface area contributed by atoms with E-state index in [4.69, 9.17) is 0 Å².